The Bertz CT molecular complexity index is 1210. The summed E-state index contributed by atoms with van der Waals surface area (Å²) in [5, 5.41) is 3.02. The number of ether oxygens (including phenoxy) is 1. The van der Waals surface area contributed by atoms with E-state index in [4.69, 9.17) is 4.74 Å². The van der Waals surface area contributed by atoms with Crippen LogP contribution >= 0.6 is 0 Å². The number of nitrogens with one attached hydrogen (secondary N) is 1. The summed E-state index contributed by atoms with van der Waals surface area (Å²) < 4.78 is 19.4. The molecule has 2 aliphatic rings. The molecule has 36 heavy (non-hydrogen) atoms. The second kappa shape index (κ2) is 10.7. The number of carbonyl (C=O) groups is 2. The van der Waals surface area contributed by atoms with Crippen LogP contribution in [0.2, 0.25) is 0 Å². The molecule has 1 unspecified atom stereocenters. The van der Waals surface area contributed by atoms with Crippen LogP contribution in [-0.4, -0.2) is 54.0 Å². The van der Waals surface area contributed by atoms with E-state index in [1.807, 2.05) is 12.1 Å². The maximum absolute atomic E-state index is 14.0. The van der Waals surface area contributed by atoms with Gasteiger partial charge in [0.25, 0.3) is 5.91 Å². The number of urea groups is 1. The van der Waals surface area contributed by atoms with Gasteiger partial charge in [-0.2, -0.15) is 0 Å². The summed E-state index contributed by atoms with van der Waals surface area (Å²) in [7, 11) is 1.69. The molecule has 4 rings (SSSR count). The molecule has 0 aromatic heterocycles. The molecule has 0 spiro atoms. The van der Waals surface area contributed by atoms with Crippen LogP contribution in [0.15, 0.2) is 36.4 Å². The molecule has 2 heterocycles. The van der Waals surface area contributed by atoms with E-state index in [0.717, 1.165) is 43.8 Å². The fourth-order valence-electron chi connectivity index (χ4n) is 5.53. The molecule has 1 N–H and O–H groups in total. The Hall–Kier alpha value is -3.37. The van der Waals surface area contributed by atoms with Gasteiger partial charge in [-0.15, -0.1) is 5.92 Å². The van der Waals surface area contributed by atoms with Gasteiger partial charge in [-0.25, -0.2) is 9.18 Å². The lowest BCUT2D eigenvalue weighted by Gasteiger charge is -2.41. The lowest BCUT2D eigenvalue weighted by atomic mass is 9.73. The van der Waals surface area contributed by atoms with E-state index < -0.39 is 11.6 Å². The van der Waals surface area contributed by atoms with Crippen LogP contribution in [0.4, 0.5) is 9.18 Å². The molecule has 7 heteroatoms. The van der Waals surface area contributed by atoms with E-state index in [1.165, 1.54) is 28.2 Å². The monoisotopic (exact) mass is 491 g/mol. The van der Waals surface area contributed by atoms with Crippen LogP contribution in [0.25, 0.3) is 0 Å². The van der Waals surface area contributed by atoms with Crippen molar-refractivity contribution in [3.63, 3.8) is 0 Å². The fourth-order valence-corrected chi connectivity index (χ4v) is 5.53. The summed E-state index contributed by atoms with van der Waals surface area (Å²) in [6, 6.07) is 9.98. The summed E-state index contributed by atoms with van der Waals surface area (Å²) >= 11 is 0. The average molecular weight is 492 g/mol. The minimum absolute atomic E-state index is 0.0566. The van der Waals surface area contributed by atoms with Crippen molar-refractivity contribution in [2.45, 2.75) is 52.1 Å². The first kappa shape index (κ1) is 25.7. The molecular weight excluding hydrogens is 457 g/mol. The number of amides is 3. The Morgan fingerprint density at radius 3 is 2.56 bits per heavy atom. The number of nitrogens with zero attached hydrogens (tertiary/aromatic N) is 2. The van der Waals surface area contributed by atoms with Crippen LogP contribution in [0.3, 0.4) is 0 Å². The van der Waals surface area contributed by atoms with Crippen molar-refractivity contribution in [1.82, 2.24) is 15.1 Å². The number of methoxy groups -OCH3 is 1. The topological polar surface area (TPSA) is 61.9 Å². The molecule has 2 aliphatic heterocycles. The Kier molecular flexibility index (Phi) is 7.65. The third kappa shape index (κ3) is 4.96. The molecule has 2 saturated heterocycles. The normalized spacial score (nSPS) is 20.8. The Morgan fingerprint density at radius 1 is 1.14 bits per heavy atom. The van der Waals surface area contributed by atoms with E-state index in [9.17, 15) is 14.0 Å². The van der Waals surface area contributed by atoms with Crippen molar-refractivity contribution < 1.29 is 18.7 Å². The quantitative estimate of drug-likeness (QED) is 0.465. The minimum atomic E-state index is -1.10. The van der Waals surface area contributed by atoms with Gasteiger partial charge in [0, 0.05) is 13.0 Å². The van der Waals surface area contributed by atoms with Gasteiger partial charge in [0.15, 0.2) is 0 Å². The molecule has 0 bridgehead atoms. The number of hydrogen-bond donors (Lipinski definition) is 1. The van der Waals surface area contributed by atoms with Crippen LogP contribution in [0.5, 0.6) is 5.75 Å². The van der Waals surface area contributed by atoms with E-state index in [1.54, 1.807) is 20.1 Å². The van der Waals surface area contributed by atoms with Crippen molar-refractivity contribution in [2.24, 2.45) is 5.92 Å². The van der Waals surface area contributed by atoms with Crippen LogP contribution < -0.4 is 10.1 Å². The standard InChI is InChI=1S/C29H34FN3O3/c1-5-6-14-33-27(34)29(31-28(33)35,18-22-8-7-9-25(30)17-22)24-12-15-32(16-13-24)19-23-10-11-26(36-4)21(3)20(23)2/h7-11,17,24H,12-16,18-19H2,1-4H3,(H,31,35). The van der Waals surface area contributed by atoms with Crippen molar-refractivity contribution >= 4 is 11.9 Å². The number of rotatable bonds is 7. The van der Waals surface area contributed by atoms with Gasteiger partial charge in [-0.05, 0) is 93.1 Å². The van der Waals surface area contributed by atoms with Crippen LogP contribution in [0, 0.1) is 37.4 Å². The highest BCUT2D eigenvalue weighted by molar-refractivity contribution is 6.07. The smallest absolute Gasteiger partial charge is 0.325 e. The highest BCUT2D eigenvalue weighted by atomic mass is 19.1. The van der Waals surface area contributed by atoms with Gasteiger partial charge in [-0.1, -0.05) is 24.1 Å². The highest BCUT2D eigenvalue weighted by Crippen LogP contribution is 2.37. The van der Waals surface area contributed by atoms with Crippen molar-refractivity contribution in [3.8, 4) is 17.6 Å². The third-order valence-electron chi connectivity index (χ3n) is 7.74. The molecule has 2 aromatic rings. The first-order valence-corrected chi connectivity index (χ1v) is 12.4. The number of carbonyl (C=O) groups excluding carboxylic acids is 2. The molecule has 3 amide bonds. The summed E-state index contributed by atoms with van der Waals surface area (Å²) in [4.78, 5) is 30.2. The predicted molar refractivity (Wildman–Crippen MR) is 137 cm³/mol. The van der Waals surface area contributed by atoms with Gasteiger partial charge < -0.3 is 10.1 Å². The number of imide groups is 1. The predicted octanol–water partition coefficient (Wildman–Crippen LogP) is 4.22. The number of halogens is 1. The van der Waals surface area contributed by atoms with Gasteiger partial charge >= 0.3 is 6.03 Å². The van der Waals surface area contributed by atoms with E-state index >= 15 is 0 Å². The number of benzene rings is 2. The second-order valence-electron chi connectivity index (χ2n) is 9.75. The molecule has 0 saturated carbocycles. The molecular formula is C29H34FN3O3. The van der Waals surface area contributed by atoms with Gasteiger partial charge in [0.1, 0.15) is 17.1 Å². The van der Waals surface area contributed by atoms with Gasteiger partial charge in [-0.3, -0.25) is 14.6 Å². The Morgan fingerprint density at radius 2 is 1.89 bits per heavy atom. The zero-order valence-corrected chi connectivity index (χ0v) is 21.5. The third-order valence-corrected chi connectivity index (χ3v) is 7.74. The van der Waals surface area contributed by atoms with Gasteiger partial charge in [0.2, 0.25) is 0 Å². The van der Waals surface area contributed by atoms with Crippen molar-refractivity contribution in [1.29, 1.82) is 0 Å². The molecule has 2 aromatic carbocycles. The SMILES string of the molecule is CC#CCN1C(=O)NC(Cc2cccc(F)c2)(C2CCN(Cc3ccc(OC)c(C)c3C)CC2)C1=O. The zero-order valence-electron chi connectivity index (χ0n) is 21.5. The molecule has 0 radical (unpaired) electrons. The summed E-state index contributed by atoms with van der Waals surface area (Å²) in [6.45, 7) is 8.35. The maximum Gasteiger partial charge on any atom is 0.325 e. The minimum Gasteiger partial charge on any atom is -0.496 e. The maximum atomic E-state index is 14.0. The highest BCUT2D eigenvalue weighted by Gasteiger charge is 2.55. The summed E-state index contributed by atoms with van der Waals surface area (Å²) in [5.74, 6) is 5.80. The Balaban J connectivity index is 1.54. The Labute approximate surface area is 212 Å². The van der Waals surface area contributed by atoms with Gasteiger partial charge in [0.05, 0.1) is 13.7 Å². The first-order chi connectivity index (χ1) is 17.3. The fraction of sp³-hybridized carbons (Fsp3) is 0.448. The lowest BCUT2D eigenvalue weighted by molar-refractivity contribution is -0.133. The molecule has 0 aliphatic carbocycles. The van der Waals surface area contributed by atoms with Crippen LogP contribution in [0.1, 0.15) is 42.0 Å². The number of hydrogen-bond acceptors (Lipinski definition) is 4. The molecule has 2 fully saturated rings. The number of likely N-dealkylation sites (tertiary alicyclic amines) is 1. The number of piperidine rings is 1. The largest absolute Gasteiger partial charge is 0.496 e. The van der Waals surface area contributed by atoms with Crippen LogP contribution in [-0.2, 0) is 17.8 Å². The molecule has 6 nitrogen and oxygen atoms in total. The lowest BCUT2D eigenvalue weighted by Crippen LogP contribution is -2.57. The van der Waals surface area contributed by atoms with E-state index in [0.29, 0.717) is 5.56 Å². The summed E-state index contributed by atoms with van der Waals surface area (Å²) in [6.07, 6.45) is 1.76. The first-order valence-electron chi connectivity index (χ1n) is 12.4. The van der Waals surface area contributed by atoms with E-state index in [-0.39, 0.29) is 30.6 Å². The second-order valence-corrected chi connectivity index (χ2v) is 9.75. The molecule has 1 atom stereocenters. The van der Waals surface area contributed by atoms with E-state index in [2.05, 4.69) is 42.0 Å². The zero-order chi connectivity index (χ0) is 25.9. The summed E-state index contributed by atoms with van der Waals surface area (Å²) in [5.41, 5.74) is 3.23. The molecule has 190 valence electrons. The average Bonchev–Trinajstić information content (AvgIpc) is 3.10. The van der Waals surface area contributed by atoms with Crippen molar-refractivity contribution in [3.05, 3.63) is 64.5 Å². The van der Waals surface area contributed by atoms with Crippen molar-refractivity contribution in [2.75, 3.05) is 26.7 Å².